The van der Waals surface area contributed by atoms with Gasteiger partial charge >= 0.3 is 0 Å². The number of hydrogen-bond donors (Lipinski definition) is 0. The van der Waals surface area contributed by atoms with Gasteiger partial charge in [-0.15, -0.1) is 11.8 Å². The number of hydrogen-bond acceptors (Lipinski definition) is 2. The summed E-state index contributed by atoms with van der Waals surface area (Å²) in [7, 11) is 0. The lowest BCUT2D eigenvalue weighted by Gasteiger charge is -2.11. The maximum absolute atomic E-state index is 12.4. The molecule has 0 aromatic heterocycles. The minimum absolute atomic E-state index is 0.0217. The number of halogens is 3. The second-order valence-corrected chi connectivity index (χ2v) is 6.90. The smallest absolute Gasteiger partial charge is 0.177 e. The van der Waals surface area contributed by atoms with E-state index in [0.717, 1.165) is 4.90 Å². The molecule has 0 amide bonds. The van der Waals surface area contributed by atoms with Crippen molar-refractivity contribution < 1.29 is 4.79 Å². The molecule has 0 saturated heterocycles. The monoisotopic (exact) mass is 344 g/mol. The average molecular weight is 346 g/mol. The minimum Gasteiger partial charge on any atom is -0.293 e. The summed E-state index contributed by atoms with van der Waals surface area (Å²) in [6.07, 6.45) is 0. The molecule has 0 aliphatic rings. The third-order valence-electron chi connectivity index (χ3n) is 2.69. The van der Waals surface area contributed by atoms with Crippen LogP contribution in [0.4, 0.5) is 0 Å². The molecule has 0 aliphatic carbocycles. The maximum atomic E-state index is 12.4. The number of benzene rings is 2. The Morgan fingerprint density at radius 1 is 1.00 bits per heavy atom. The third kappa shape index (κ3) is 3.92. The van der Waals surface area contributed by atoms with Crippen molar-refractivity contribution in [1.29, 1.82) is 0 Å². The van der Waals surface area contributed by atoms with Gasteiger partial charge in [-0.25, -0.2) is 0 Å². The molecule has 1 atom stereocenters. The number of carbonyl (C=O) groups excluding carboxylic acids is 1. The summed E-state index contributed by atoms with van der Waals surface area (Å²) in [4.78, 5) is 13.4. The molecular weight excluding hydrogens is 335 g/mol. The zero-order valence-corrected chi connectivity index (χ0v) is 13.7. The molecule has 0 aliphatic heterocycles. The van der Waals surface area contributed by atoms with Crippen LogP contribution < -0.4 is 0 Å². The number of Topliss-reactive ketones (excluding diaryl/α,β-unsaturated/α-hetero) is 1. The number of carbonyl (C=O) groups is 1. The molecule has 0 N–H and O–H groups in total. The van der Waals surface area contributed by atoms with Gasteiger partial charge in [0.25, 0.3) is 0 Å². The van der Waals surface area contributed by atoms with Crippen molar-refractivity contribution in [3.8, 4) is 0 Å². The molecule has 5 heteroatoms. The van der Waals surface area contributed by atoms with E-state index in [1.165, 1.54) is 11.8 Å². The Kier molecular flexibility index (Phi) is 5.39. The normalized spacial score (nSPS) is 12.2. The second kappa shape index (κ2) is 6.86. The van der Waals surface area contributed by atoms with Crippen LogP contribution in [0.3, 0.4) is 0 Å². The summed E-state index contributed by atoms with van der Waals surface area (Å²) in [6.45, 7) is 1.85. The molecule has 0 spiro atoms. The van der Waals surface area contributed by atoms with Crippen LogP contribution in [0, 0.1) is 0 Å². The quantitative estimate of drug-likeness (QED) is 0.498. The third-order valence-corrected chi connectivity index (χ3v) is 4.60. The summed E-state index contributed by atoms with van der Waals surface area (Å²) < 4.78 is 0. The van der Waals surface area contributed by atoms with E-state index in [-0.39, 0.29) is 11.0 Å². The van der Waals surface area contributed by atoms with Crippen LogP contribution in [0.15, 0.2) is 47.4 Å². The summed E-state index contributed by atoms with van der Waals surface area (Å²) in [6, 6.07) is 12.3. The van der Waals surface area contributed by atoms with E-state index in [4.69, 9.17) is 34.8 Å². The van der Waals surface area contributed by atoms with Gasteiger partial charge < -0.3 is 0 Å². The van der Waals surface area contributed by atoms with Crippen molar-refractivity contribution in [2.75, 3.05) is 0 Å². The molecule has 2 rings (SSSR count). The average Bonchev–Trinajstić information content (AvgIpc) is 2.40. The molecule has 0 fully saturated rings. The van der Waals surface area contributed by atoms with Gasteiger partial charge in [0.1, 0.15) is 0 Å². The zero-order valence-electron chi connectivity index (χ0n) is 10.6. The van der Waals surface area contributed by atoms with Gasteiger partial charge in [0.05, 0.1) is 10.3 Å². The zero-order chi connectivity index (χ0) is 14.7. The SMILES string of the molecule is CC(Sc1ccc(Cl)cc1)C(=O)c1ccc(Cl)cc1Cl. The Balaban J connectivity index is 2.14. The first-order valence-electron chi connectivity index (χ1n) is 5.89. The van der Waals surface area contributed by atoms with E-state index in [2.05, 4.69) is 0 Å². The Bertz CT molecular complexity index is 626. The summed E-state index contributed by atoms with van der Waals surface area (Å²) in [5.41, 5.74) is 0.491. The number of thioether (sulfide) groups is 1. The fourth-order valence-corrected chi connectivity index (χ4v) is 3.24. The van der Waals surface area contributed by atoms with Crippen LogP contribution in [0.25, 0.3) is 0 Å². The summed E-state index contributed by atoms with van der Waals surface area (Å²) in [5, 5.41) is 1.33. The van der Waals surface area contributed by atoms with E-state index < -0.39 is 0 Å². The van der Waals surface area contributed by atoms with Gasteiger partial charge in [0, 0.05) is 20.5 Å². The Hall–Kier alpha value is -0.670. The number of rotatable bonds is 4. The summed E-state index contributed by atoms with van der Waals surface area (Å²) in [5.74, 6) is -0.0217. The highest BCUT2D eigenvalue weighted by molar-refractivity contribution is 8.00. The molecule has 0 heterocycles. The molecule has 0 radical (unpaired) electrons. The Morgan fingerprint density at radius 2 is 1.60 bits per heavy atom. The maximum Gasteiger partial charge on any atom is 0.177 e. The lowest BCUT2D eigenvalue weighted by Crippen LogP contribution is -2.13. The van der Waals surface area contributed by atoms with Crippen LogP contribution in [-0.2, 0) is 0 Å². The highest BCUT2D eigenvalue weighted by Gasteiger charge is 2.19. The molecule has 0 bridgehead atoms. The molecular formula is C15H11Cl3OS. The molecule has 1 nitrogen and oxygen atoms in total. The summed E-state index contributed by atoms with van der Waals surface area (Å²) >= 11 is 19.2. The van der Waals surface area contributed by atoms with Gasteiger partial charge in [-0.05, 0) is 49.4 Å². The number of ketones is 1. The van der Waals surface area contributed by atoms with Gasteiger partial charge in [-0.2, -0.15) is 0 Å². The Morgan fingerprint density at radius 3 is 2.20 bits per heavy atom. The lowest BCUT2D eigenvalue weighted by molar-refractivity contribution is 0.0994. The van der Waals surface area contributed by atoms with Crippen molar-refractivity contribution in [3.63, 3.8) is 0 Å². The van der Waals surface area contributed by atoms with Crippen LogP contribution in [-0.4, -0.2) is 11.0 Å². The van der Waals surface area contributed by atoms with Gasteiger partial charge in [-0.3, -0.25) is 4.79 Å². The van der Waals surface area contributed by atoms with Crippen LogP contribution in [0.2, 0.25) is 15.1 Å². The second-order valence-electron chi connectivity index (χ2n) is 4.20. The fraction of sp³-hybridized carbons (Fsp3) is 0.133. The standard InChI is InChI=1S/C15H11Cl3OS/c1-9(20-12-5-2-10(16)3-6-12)15(19)13-7-4-11(17)8-14(13)18/h2-9H,1H3. The minimum atomic E-state index is -0.241. The van der Waals surface area contributed by atoms with E-state index in [1.807, 2.05) is 19.1 Å². The van der Waals surface area contributed by atoms with Gasteiger partial charge in [-0.1, -0.05) is 34.8 Å². The van der Waals surface area contributed by atoms with E-state index in [0.29, 0.717) is 20.6 Å². The van der Waals surface area contributed by atoms with Crippen molar-refractivity contribution >= 4 is 52.3 Å². The van der Waals surface area contributed by atoms with E-state index in [1.54, 1.807) is 30.3 Å². The van der Waals surface area contributed by atoms with E-state index >= 15 is 0 Å². The predicted molar refractivity (Wildman–Crippen MR) is 87.6 cm³/mol. The first-order chi connectivity index (χ1) is 9.47. The van der Waals surface area contributed by atoms with Crippen LogP contribution in [0.5, 0.6) is 0 Å². The largest absolute Gasteiger partial charge is 0.293 e. The molecule has 2 aromatic carbocycles. The Labute approximate surface area is 137 Å². The van der Waals surface area contributed by atoms with Gasteiger partial charge in [0.2, 0.25) is 0 Å². The molecule has 20 heavy (non-hydrogen) atoms. The highest BCUT2D eigenvalue weighted by Crippen LogP contribution is 2.29. The topological polar surface area (TPSA) is 17.1 Å². The first-order valence-corrected chi connectivity index (χ1v) is 7.90. The lowest BCUT2D eigenvalue weighted by atomic mass is 10.1. The van der Waals surface area contributed by atoms with Crippen molar-refractivity contribution in [2.45, 2.75) is 17.1 Å². The van der Waals surface area contributed by atoms with Crippen molar-refractivity contribution in [1.82, 2.24) is 0 Å². The van der Waals surface area contributed by atoms with Gasteiger partial charge in [0.15, 0.2) is 5.78 Å². The van der Waals surface area contributed by atoms with Crippen LogP contribution in [0.1, 0.15) is 17.3 Å². The van der Waals surface area contributed by atoms with Crippen molar-refractivity contribution in [3.05, 3.63) is 63.1 Å². The molecule has 2 aromatic rings. The molecule has 104 valence electrons. The first kappa shape index (κ1) is 15.7. The molecule has 0 saturated carbocycles. The highest BCUT2D eigenvalue weighted by atomic mass is 35.5. The van der Waals surface area contributed by atoms with E-state index in [9.17, 15) is 4.79 Å². The van der Waals surface area contributed by atoms with Crippen molar-refractivity contribution in [2.24, 2.45) is 0 Å². The van der Waals surface area contributed by atoms with Crippen LogP contribution >= 0.6 is 46.6 Å². The predicted octanol–water partition coefficient (Wildman–Crippen LogP) is 6.01. The molecule has 1 unspecified atom stereocenters. The fourth-order valence-electron chi connectivity index (χ4n) is 1.68.